The lowest BCUT2D eigenvalue weighted by molar-refractivity contribution is -0.137. The summed E-state index contributed by atoms with van der Waals surface area (Å²) in [6, 6.07) is -0.739. The van der Waals surface area contributed by atoms with Crippen molar-refractivity contribution in [2.45, 2.75) is 0 Å². The molecule has 2 amide bonds. The maximum absolute atomic E-state index is 10.1. The van der Waals surface area contributed by atoms with Gasteiger partial charge in [-0.2, -0.15) is 0 Å². The largest absolute Gasteiger partial charge is 0.480 e. The first kappa shape index (κ1) is 11.8. The number of rotatable bonds is 2. The molecular weight excluding hydrogens is 160 g/mol. The van der Waals surface area contributed by atoms with Crippen molar-refractivity contribution in [3.8, 4) is 0 Å². The van der Waals surface area contributed by atoms with Crippen molar-refractivity contribution >= 4 is 24.4 Å². The number of carbonyl (C=O) groups is 2. The van der Waals surface area contributed by atoms with Crippen LogP contribution in [0.15, 0.2) is 0 Å². The first-order valence-corrected chi connectivity index (χ1v) is 2.26. The van der Waals surface area contributed by atoms with Gasteiger partial charge in [-0.1, -0.05) is 0 Å². The molecule has 0 spiro atoms. The highest BCUT2D eigenvalue weighted by Crippen LogP contribution is 1.78. The predicted octanol–water partition coefficient (Wildman–Crippen LogP) is -0.497. The monoisotopic (exact) mass is 168 g/mol. The van der Waals surface area contributed by atoms with Gasteiger partial charge in [-0.25, -0.2) is 4.79 Å². The minimum absolute atomic E-state index is 0. The highest BCUT2D eigenvalue weighted by Gasteiger charge is 2.05. The molecule has 0 saturated heterocycles. The van der Waals surface area contributed by atoms with Crippen LogP contribution in [-0.4, -0.2) is 35.6 Å². The number of primary amides is 1. The Kier molecular flexibility index (Phi) is 5.73. The molecule has 0 saturated carbocycles. The van der Waals surface area contributed by atoms with Crippen molar-refractivity contribution < 1.29 is 14.7 Å². The zero-order valence-electron chi connectivity index (χ0n) is 5.40. The van der Waals surface area contributed by atoms with Crippen LogP contribution in [0.2, 0.25) is 0 Å². The lowest BCUT2D eigenvalue weighted by Crippen LogP contribution is -2.35. The molecule has 0 aromatic carbocycles. The second-order valence-corrected chi connectivity index (χ2v) is 1.59. The summed E-state index contributed by atoms with van der Waals surface area (Å²) in [4.78, 5) is 20.9. The normalized spacial score (nSPS) is 7.70. The van der Waals surface area contributed by atoms with Gasteiger partial charge in [0.1, 0.15) is 6.54 Å². The topological polar surface area (TPSA) is 83.6 Å². The summed E-state index contributed by atoms with van der Waals surface area (Å²) in [5, 5.41) is 8.08. The van der Waals surface area contributed by atoms with E-state index in [4.69, 9.17) is 10.8 Å². The number of aliphatic carboxylic acids is 1. The zero-order chi connectivity index (χ0) is 7.44. The second kappa shape index (κ2) is 4.87. The van der Waals surface area contributed by atoms with E-state index >= 15 is 0 Å². The number of urea groups is 1. The van der Waals surface area contributed by atoms with Gasteiger partial charge in [-0.3, -0.25) is 4.79 Å². The summed E-state index contributed by atoms with van der Waals surface area (Å²) in [5.74, 6) is -1.07. The van der Waals surface area contributed by atoms with Gasteiger partial charge in [0.2, 0.25) is 0 Å². The molecule has 0 fully saturated rings. The van der Waals surface area contributed by atoms with Crippen LogP contribution in [-0.2, 0) is 4.79 Å². The lowest BCUT2D eigenvalue weighted by Gasteiger charge is -2.08. The fraction of sp³-hybridized carbons (Fsp3) is 0.500. The predicted molar refractivity (Wildman–Crippen MR) is 37.1 cm³/mol. The van der Waals surface area contributed by atoms with Gasteiger partial charge in [-0.15, -0.1) is 12.4 Å². The minimum Gasteiger partial charge on any atom is -0.480 e. The van der Waals surface area contributed by atoms with Crippen molar-refractivity contribution in [1.82, 2.24) is 4.90 Å². The zero-order valence-corrected chi connectivity index (χ0v) is 6.22. The molecule has 10 heavy (non-hydrogen) atoms. The van der Waals surface area contributed by atoms with Crippen LogP contribution in [0.4, 0.5) is 4.79 Å². The molecule has 0 heterocycles. The molecule has 0 atom stereocenters. The number of carboxylic acid groups (broad SMARTS) is 1. The number of hydrogen-bond donors (Lipinski definition) is 2. The van der Waals surface area contributed by atoms with Gasteiger partial charge in [0.05, 0.1) is 0 Å². The third-order valence-electron chi connectivity index (χ3n) is 0.749. The van der Waals surface area contributed by atoms with Crippen molar-refractivity contribution in [2.75, 3.05) is 13.6 Å². The van der Waals surface area contributed by atoms with Crippen molar-refractivity contribution in [2.24, 2.45) is 5.73 Å². The van der Waals surface area contributed by atoms with Gasteiger partial charge >= 0.3 is 12.0 Å². The number of carboxylic acids is 1. The van der Waals surface area contributed by atoms with Crippen molar-refractivity contribution in [3.05, 3.63) is 0 Å². The Hall–Kier alpha value is -0.970. The molecule has 0 radical (unpaired) electrons. The standard InChI is InChI=1S/C4H8N2O3.ClH/c1-6(4(5)9)2-3(7)8;/h2H2,1H3,(H2,5,9)(H,7,8);1H. The fourth-order valence-electron chi connectivity index (χ4n) is 0.281. The van der Waals surface area contributed by atoms with Crippen LogP contribution < -0.4 is 5.73 Å². The molecule has 0 unspecified atom stereocenters. The van der Waals surface area contributed by atoms with Gasteiger partial charge in [0, 0.05) is 7.05 Å². The highest BCUT2D eigenvalue weighted by molar-refractivity contribution is 5.85. The Labute approximate surface area is 64.2 Å². The van der Waals surface area contributed by atoms with E-state index in [1.54, 1.807) is 0 Å². The number of halogens is 1. The van der Waals surface area contributed by atoms with Crippen LogP contribution in [0.5, 0.6) is 0 Å². The summed E-state index contributed by atoms with van der Waals surface area (Å²) in [7, 11) is 1.32. The Balaban J connectivity index is 0. The number of likely N-dealkylation sites (N-methyl/N-ethyl adjacent to an activating group) is 1. The molecule has 0 aliphatic rings. The molecule has 5 nitrogen and oxygen atoms in total. The molecule has 3 N–H and O–H groups in total. The smallest absolute Gasteiger partial charge is 0.323 e. The quantitative estimate of drug-likeness (QED) is 0.583. The maximum atomic E-state index is 10.1. The second-order valence-electron chi connectivity index (χ2n) is 1.59. The Morgan fingerprint density at radius 1 is 1.60 bits per heavy atom. The van der Waals surface area contributed by atoms with E-state index in [0.29, 0.717) is 0 Å². The maximum Gasteiger partial charge on any atom is 0.323 e. The summed E-state index contributed by atoms with van der Waals surface area (Å²) in [6.45, 7) is -0.352. The van der Waals surface area contributed by atoms with Gasteiger partial charge in [-0.05, 0) is 0 Å². The molecule has 0 aliphatic carbocycles. The van der Waals surface area contributed by atoms with E-state index < -0.39 is 12.0 Å². The average Bonchev–Trinajstić information content (AvgIpc) is 1.63. The average molecular weight is 169 g/mol. The highest BCUT2D eigenvalue weighted by atomic mass is 35.5. The summed E-state index contributed by atoms with van der Waals surface area (Å²) < 4.78 is 0. The number of nitrogens with zero attached hydrogens (tertiary/aromatic N) is 1. The SMILES string of the molecule is CN(CC(=O)O)C(N)=O.Cl. The summed E-state index contributed by atoms with van der Waals surface area (Å²) in [6.07, 6.45) is 0. The first-order valence-electron chi connectivity index (χ1n) is 2.26. The first-order chi connectivity index (χ1) is 4.04. The van der Waals surface area contributed by atoms with Gasteiger partial charge in [0.15, 0.2) is 0 Å². The third-order valence-corrected chi connectivity index (χ3v) is 0.749. The van der Waals surface area contributed by atoms with Crippen molar-refractivity contribution in [3.63, 3.8) is 0 Å². The molecule has 0 bridgehead atoms. The van der Waals surface area contributed by atoms with Crippen LogP contribution in [0.3, 0.4) is 0 Å². The Morgan fingerprint density at radius 3 is 2.10 bits per heavy atom. The molecule has 0 aliphatic heterocycles. The number of nitrogens with two attached hydrogens (primary N) is 1. The third kappa shape index (κ3) is 5.17. The molecule has 6 heteroatoms. The molecule has 0 rings (SSSR count). The molecular formula is C4H9ClN2O3. The Morgan fingerprint density at radius 2 is 2.00 bits per heavy atom. The number of hydrogen-bond acceptors (Lipinski definition) is 2. The fourth-order valence-corrected chi connectivity index (χ4v) is 0.281. The van der Waals surface area contributed by atoms with E-state index in [1.807, 2.05) is 0 Å². The van der Waals surface area contributed by atoms with E-state index in [1.165, 1.54) is 7.05 Å². The lowest BCUT2D eigenvalue weighted by atomic mass is 10.6. The van der Waals surface area contributed by atoms with E-state index in [2.05, 4.69) is 0 Å². The molecule has 0 aromatic heterocycles. The van der Waals surface area contributed by atoms with Crippen LogP contribution in [0.25, 0.3) is 0 Å². The van der Waals surface area contributed by atoms with Crippen LogP contribution in [0.1, 0.15) is 0 Å². The van der Waals surface area contributed by atoms with Crippen molar-refractivity contribution in [1.29, 1.82) is 0 Å². The van der Waals surface area contributed by atoms with Crippen LogP contribution >= 0.6 is 12.4 Å². The Bertz CT molecular complexity index is 138. The number of carbonyl (C=O) groups excluding carboxylic acids is 1. The molecule has 0 aromatic rings. The summed E-state index contributed by atoms with van der Waals surface area (Å²) in [5.41, 5.74) is 4.71. The van der Waals surface area contributed by atoms with Gasteiger partial charge in [0.25, 0.3) is 0 Å². The van der Waals surface area contributed by atoms with Crippen LogP contribution in [0, 0.1) is 0 Å². The van der Waals surface area contributed by atoms with E-state index in [9.17, 15) is 9.59 Å². The summed E-state index contributed by atoms with van der Waals surface area (Å²) >= 11 is 0. The van der Waals surface area contributed by atoms with Gasteiger partial charge < -0.3 is 15.7 Å². The molecule has 60 valence electrons. The van der Waals surface area contributed by atoms with E-state index in [-0.39, 0.29) is 19.0 Å². The minimum atomic E-state index is -1.07. The number of amides is 2. The van der Waals surface area contributed by atoms with E-state index in [0.717, 1.165) is 4.90 Å².